The van der Waals surface area contributed by atoms with Crippen molar-refractivity contribution >= 4 is 11.3 Å². The summed E-state index contributed by atoms with van der Waals surface area (Å²) < 4.78 is 5.04. The van der Waals surface area contributed by atoms with Crippen LogP contribution in [-0.2, 0) is 19.3 Å². The second-order valence-electron chi connectivity index (χ2n) is 4.60. The number of methoxy groups -OCH3 is 1. The normalized spacial score (nSPS) is 12.4. The summed E-state index contributed by atoms with van der Waals surface area (Å²) in [6.45, 7) is 2.18. The molecule has 0 saturated carbocycles. The van der Waals surface area contributed by atoms with Crippen LogP contribution in [0.15, 0.2) is 30.5 Å². The van der Waals surface area contributed by atoms with Crippen LogP contribution in [0.25, 0.3) is 0 Å². The Kier molecular flexibility index (Phi) is 4.93. The van der Waals surface area contributed by atoms with Gasteiger partial charge in [-0.15, -0.1) is 11.3 Å². The molecule has 0 fully saturated rings. The van der Waals surface area contributed by atoms with E-state index in [1.165, 1.54) is 9.75 Å². The Balaban J connectivity index is 1.90. The SMILES string of the molecule is CCc1ccc(CC(N)Cc2ccc(OC)nc2)s1. The zero-order chi connectivity index (χ0) is 13.7. The molecule has 1 atom stereocenters. The van der Waals surface area contributed by atoms with Crippen LogP contribution in [0.3, 0.4) is 0 Å². The summed E-state index contributed by atoms with van der Waals surface area (Å²) in [7, 11) is 1.62. The molecule has 0 amide bonds. The van der Waals surface area contributed by atoms with Crippen molar-refractivity contribution in [1.29, 1.82) is 0 Å². The van der Waals surface area contributed by atoms with Crippen molar-refractivity contribution in [2.75, 3.05) is 7.11 Å². The number of nitrogens with two attached hydrogens (primary N) is 1. The van der Waals surface area contributed by atoms with E-state index in [2.05, 4.69) is 24.0 Å². The summed E-state index contributed by atoms with van der Waals surface area (Å²) in [5.74, 6) is 0.642. The Morgan fingerprint density at radius 1 is 1.21 bits per heavy atom. The van der Waals surface area contributed by atoms with Crippen LogP contribution < -0.4 is 10.5 Å². The number of rotatable bonds is 6. The topological polar surface area (TPSA) is 48.1 Å². The lowest BCUT2D eigenvalue weighted by atomic mass is 10.1. The fourth-order valence-electron chi connectivity index (χ4n) is 2.01. The smallest absolute Gasteiger partial charge is 0.212 e. The van der Waals surface area contributed by atoms with Gasteiger partial charge in [0.15, 0.2) is 0 Å². The zero-order valence-corrected chi connectivity index (χ0v) is 12.2. The minimum absolute atomic E-state index is 0.138. The van der Waals surface area contributed by atoms with Gasteiger partial charge in [0.1, 0.15) is 0 Å². The molecule has 2 heterocycles. The Bertz CT molecular complexity index is 507. The Morgan fingerprint density at radius 3 is 2.58 bits per heavy atom. The van der Waals surface area contributed by atoms with E-state index in [1.54, 1.807) is 7.11 Å². The first-order valence-corrected chi connectivity index (χ1v) is 7.35. The van der Waals surface area contributed by atoms with Crippen LogP contribution in [0.4, 0.5) is 0 Å². The van der Waals surface area contributed by atoms with E-state index in [-0.39, 0.29) is 6.04 Å². The van der Waals surface area contributed by atoms with Crippen molar-refractivity contribution < 1.29 is 4.74 Å². The predicted octanol–water partition coefficient (Wildman–Crippen LogP) is 2.83. The Hall–Kier alpha value is -1.39. The van der Waals surface area contributed by atoms with Gasteiger partial charge in [-0.3, -0.25) is 0 Å². The van der Waals surface area contributed by atoms with E-state index in [0.29, 0.717) is 5.88 Å². The van der Waals surface area contributed by atoms with Gasteiger partial charge in [-0.25, -0.2) is 4.98 Å². The molecule has 19 heavy (non-hydrogen) atoms. The fourth-order valence-corrected chi connectivity index (χ4v) is 3.06. The number of nitrogens with zero attached hydrogens (tertiary/aromatic N) is 1. The fraction of sp³-hybridized carbons (Fsp3) is 0.400. The number of aromatic nitrogens is 1. The monoisotopic (exact) mass is 276 g/mol. The summed E-state index contributed by atoms with van der Waals surface area (Å²) >= 11 is 1.86. The minimum atomic E-state index is 0.138. The highest BCUT2D eigenvalue weighted by atomic mass is 32.1. The van der Waals surface area contributed by atoms with E-state index >= 15 is 0 Å². The molecular weight excluding hydrogens is 256 g/mol. The Morgan fingerprint density at radius 2 is 2.00 bits per heavy atom. The van der Waals surface area contributed by atoms with Gasteiger partial charge in [-0.1, -0.05) is 13.0 Å². The number of aryl methyl sites for hydroxylation is 1. The highest BCUT2D eigenvalue weighted by molar-refractivity contribution is 7.11. The number of thiophene rings is 1. The van der Waals surface area contributed by atoms with E-state index in [0.717, 1.165) is 24.8 Å². The predicted molar refractivity (Wildman–Crippen MR) is 79.9 cm³/mol. The van der Waals surface area contributed by atoms with E-state index in [4.69, 9.17) is 10.5 Å². The summed E-state index contributed by atoms with van der Waals surface area (Å²) in [5, 5.41) is 0. The van der Waals surface area contributed by atoms with Crippen LogP contribution in [0.2, 0.25) is 0 Å². The molecule has 2 N–H and O–H groups in total. The van der Waals surface area contributed by atoms with Crippen LogP contribution in [0.5, 0.6) is 5.88 Å². The number of ether oxygens (including phenoxy) is 1. The largest absolute Gasteiger partial charge is 0.481 e. The maximum atomic E-state index is 6.21. The first-order chi connectivity index (χ1) is 9.21. The van der Waals surface area contributed by atoms with Crippen LogP contribution >= 0.6 is 11.3 Å². The van der Waals surface area contributed by atoms with Crippen molar-refractivity contribution in [3.05, 3.63) is 45.8 Å². The molecule has 0 aliphatic carbocycles. The highest BCUT2D eigenvalue weighted by Crippen LogP contribution is 2.19. The van der Waals surface area contributed by atoms with E-state index in [1.807, 2.05) is 29.7 Å². The summed E-state index contributed by atoms with van der Waals surface area (Å²) in [4.78, 5) is 6.99. The second-order valence-corrected chi connectivity index (χ2v) is 5.85. The molecule has 0 spiro atoms. The van der Waals surface area contributed by atoms with Crippen LogP contribution in [-0.4, -0.2) is 18.1 Å². The molecule has 1 unspecified atom stereocenters. The lowest BCUT2D eigenvalue weighted by Crippen LogP contribution is -2.25. The number of hydrogen-bond donors (Lipinski definition) is 1. The molecule has 4 heteroatoms. The van der Waals surface area contributed by atoms with Crippen molar-refractivity contribution in [3.63, 3.8) is 0 Å². The van der Waals surface area contributed by atoms with Gasteiger partial charge < -0.3 is 10.5 Å². The third-order valence-corrected chi connectivity index (χ3v) is 4.29. The van der Waals surface area contributed by atoms with Crippen molar-refractivity contribution in [2.24, 2.45) is 5.73 Å². The summed E-state index contributed by atoms with van der Waals surface area (Å²) in [6, 6.07) is 8.43. The molecule has 102 valence electrons. The van der Waals surface area contributed by atoms with Gasteiger partial charge in [0, 0.05) is 28.1 Å². The van der Waals surface area contributed by atoms with Gasteiger partial charge in [-0.05, 0) is 37.0 Å². The van der Waals surface area contributed by atoms with Crippen molar-refractivity contribution in [1.82, 2.24) is 4.98 Å². The molecule has 3 nitrogen and oxygen atoms in total. The first kappa shape index (κ1) is 14.0. The molecule has 2 aromatic rings. The quantitative estimate of drug-likeness (QED) is 0.882. The van der Waals surface area contributed by atoms with Crippen molar-refractivity contribution in [2.45, 2.75) is 32.2 Å². The third kappa shape index (κ3) is 4.04. The van der Waals surface area contributed by atoms with E-state index in [9.17, 15) is 0 Å². The molecule has 2 rings (SSSR count). The van der Waals surface area contributed by atoms with Gasteiger partial charge in [0.25, 0.3) is 0 Å². The Labute approximate surface area is 118 Å². The molecule has 0 aliphatic heterocycles. The van der Waals surface area contributed by atoms with Gasteiger partial charge in [0.05, 0.1) is 7.11 Å². The number of hydrogen-bond acceptors (Lipinski definition) is 4. The number of pyridine rings is 1. The molecule has 0 radical (unpaired) electrons. The average molecular weight is 276 g/mol. The summed E-state index contributed by atoms with van der Waals surface area (Å²) in [5.41, 5.74) is 7.36. The lowest BCUT2D eigenvalue weighted by Gasteiger charge is -2.10. The molecule has 0 saturated heterocycles. The van der Waals surface area contributed by atoms with Crippen LogP contribution in [0, 0.1) is 0 Å². The maximum absolute atomic E-state index is 6.21. The highest BCUT2D eigenvalue weighted by Gasteiger charge is 2.08. The molecule has 0 aliphatic rings. The average Bonchev–Trinajstić information content (AvgIpc) is 2.87. The van der Waals surface area contributed by atoms with E-state index < -0.39 is 0 Å². The third-order valence-electron chi connectivity index (χ3n) is 3.03. The van der Waals surface area contributed by atoms with Gasteiger partial charge in [0.2, 0.25) is 5.88 Å². The zero-order valence-electron chi connectivity index (χ0n) is 11.4. The second kappa shape index (κ2) is 6.68. The minimum Gasteiger partial charge on any atom is -0.481 e. The molecular formula is C15H20N2OS. The molecule has 0 aromatic carbocycles. The van der Waals surface area contributed by atoms with Crippen LogP contribution in [0.1, 0.15) is 22.2 Å². The maximum Gasteiger partial charge on any atom is 0.212 e. The standard InChI is InChI=1S/C15H20N2OS/c1-3-13-5-6-14(19-13)9-12(16)8-11-4-7-15(18-2)17-10-11/h4-7,10,12H,3,8-9,16H2,1-2H3. The first-order valence-electron chi connectivity index (χ1n) is 6.53. The lowest BCUT2D eigenvalue weighted by molar-refractivity contribution is 0.397. The summed E-state index contributed by atoms with van der Waals surface area (Å²) in [6.07, 6.45) is 4.71. The van der Waals surface area contributed by atoms with Gasteiger partial charge in [-0.2, -0.15) is 0 Å². The molecule has 2 aromatic heterocycles. The molecule has 0 bridgehead atoms. The van der Waals surface area contributed by atoms with Crippen molar-refractivity contribution in [3.8, 4) is 5.88 Å². The van der Waals surface area contributed by atoms with Gasteiger partial charge >= 0.3 is 0 Å².